The van der Waals surface area contributed by atoms with Crippen molar-refractivity contribution in [3.05, 3.63) is 99.0 Å². The molecule has 6 fully saturated rings. The molecule has 0 saturated heterocycles. The van der Waals surface area contributed by atoms with Crippen LogP contribution in [-0.2, 0) is 0 Å². The number of amides is 8. The third-order valence-corrected chi connectivity index (χ3v) is 27.7. The Kier molecular flexibility index (Phi) is 16.4. The van der Waals surface area contributed by atoms with Gasteiger partial charge in [0.25, 0.3) is 47.3 Å². The summed E-state index contributed by atoms with van der Waals surface area (Å²) in [5.41, 5.74) is 4.33. The molecule has 0 bridgehead atoms. The van der Waals surface area contributed by atoms with Crippen LogP contribution in [0.3, 0.4) is 0 Å². The monoisotopic (exact) mass is 1370 g/mol. The summed E-state index contributed by atoms with van der Waals surface area (Å²) in [4.78, 5) is 125. The van der Waals surface area contributed by atoms with Gasteiger partial charge in [-0.05, 0) is 95.2 Å². The Morgan fingerprint density at radius 3 is 0.677 bits per heavy atom. The smallest absolute Gasteiger partial charge is 0.271 e. The van der Waals surface area contributed by atoms with Gasteiger partial charge in [0.05, 0.1) is 4.88 Å². The van der Waals surface area contributed by atoms with Crippen molar-refractivity contribution in [2.24, 2.45) is 0 Å². The van der Waals surface area contributed by atoms with Gasteiger partial charge in [0.2, 0.25) is 0 Å². The largest absolute Gasteiger partial charge is 0.295 e. The van der Waals surface area contributed by atoms with Gasteiger partial charge >= 0.3 is 0 Å². The van der Waals surface area contributed by atoms with Crippen molar-refractivity contribution in [2.75, 3.05) is 0 Å². The summed E-state index contributed by atoms with van der Waals surface area (Å²) < 4.78 is 0. The molecule has 3 aromatic heterocycles. The summed E-state index contributed by atoms with van der Waals surface area (Å²) in [5, 5.41) is 4.48. The molecule has 8 amide bonds. The minimum atomic E-state index is -0.297. The highest BCUT2D eigenvalue weighted by Gasteiger charge is 2.49. The van der Waals surface area contributed by atoms with E-state index in [2.05, 4.69) is 0 Å². The van der Waals surface area contributed by atoms with E-state index >= 15 is 0 Å². The van der Waals surface area contributed by atoms with Crippen LogP contribution in [0.1, 0.15) is 294 Å². The van der Waals surface area contributed by atoms with E-state index in [0.29, 0.717) is 71.8 Å². The molecule has 0 radical (unpaired) electrons. The first-order valence-electron chi connectivity index (χ1n) is 34.3. The van der Waals surface area contributed by atoms with E-state index in [4.69, 9.17) is 48.9 Å². The number of thiocarbonyl (C=S) groups is 4. The van der Waals surface area contributed by atoms with Gasteiger partial charge in [-0.1, -0.05) is 183 Å². The molecule has 6 aliphatic carbocycles. The summed E-state index contributed by atoms with van der Waals surface area (Å²) in [5.74, 6) is -1.20. The van der Waals surface area contributed by atoms with Crippen LogP contribution in [-0.4, -0.2) is 133 Å². The lowest BCUT2D eigenvalue weighted by Crippen LogP contribution is -2.48. The third kappa shape index (κ3) is 9.80. The second-order valence-electron chi connectivity index (χ2n) is 27.6. The van der Waals surface area contributed by atoms with Crippen LogP contribution in [0, 0.1) is 0 Å². The highest BCUT2D eigenvalue weighted by atomic mass is 32.1. The summed E-state index contributed by atoms with van der Waals surface area (Å²) >= 11 is 27.4. The van der Waals surface area contributed by atoms with E-state index in [9.17, 15) is 38.4 Å². The molecule has 3 aromatic carbocycles. The maximum Gasteiger partial charge on any atom is 0.271 e. The van der Waals surface area contributed by atoms with Crippen molar-refractivity contribution in [1.82, 2.24) is 29.4 Å². The van der Waals surface area contributed by atoms with Crippen molar-refractivity contribution >= 4 is 182 Å². The van der Waals surface area contributed by atoms with Crippen LogP contribution >= 0.6 is 82.9 Å². The molecule has 0 N–H and O–H groups in total. The minimum absolute atomic E-state index is 0.00386. The molecule has 21 heteroatoms. The molecular weight excluding hydrogens is 1300 g/mol. The molecular formula is C72H72N6O8S7. The molecule has 0 spiro atoms. The van der Waals surface area contributed by atoms with E-state index in [0.717, 1.165) is 210 Å². The maximum atomic E-state index is 13.7. The Hall–Kier alpha value is -5.94. The molecule has 6 saturated carbocycles. The van der Waals surface area contributed by atoms with Gasteiger partial charge in [-0.2, -0.15) is 0 Å². The van der Waals surface area contributed by atoms with Gasteiger partial charge < -0.3 is 0 Å². The van der Waals surface area contributed by atoms with Crippen LogP contribution in [0.15, 0.2) is 36.4 Å². The van der Waals surface area contributed by atoms with Gasteiger partial charge in [-0.15, -0.1) is 34.0 Å². The van der Waals surface area contributed by atoms with Crippen molar-refractivity contribution in [1.29, 1.82) is 0 Å². The maximum absolute atomic E-state index is 13.7. The van der Waals surface area contributed by atoms with Crippen molar-refractivity contribution in [3.63, 3.8) is 0 Å². The lowest BCUT2D eigenvalue weighted by atomic mass is 9.88. The van der Waals surface area contributed by atoms with Gasteiger partial charge in [0, 0.05) is 102 Å². The molecule has 6 aromatic rings. The normalized spacial score (nSPS) is 22.7. The summed E-state index contributed by atoms with van der Waals surface area (Å²) in [6.07, 6.45) is 31.7. The summed E-state index contributed by atoms with van der Waals surface area (Å²) in [6, 6.07) is 11.9. The van der Waals surface area contributed by atoms with Crippen LogP contribution in [0.5, 0.6) is 0 Å². The van der Waals surface area contributed by atoms with Crippen molar-refractivity contribution in [2.45, 2.75) is 229 Å². The van der Waals surface area contributed by atoms with E-state index in [1.807, 2.05) is 43.9 Å². The number of hydrogen-bond acceptors (Lipinski definition) is 15. The quantitative estimate of drug-likeness (QED) is 0.115. The molecule has 6 aliphatic heterocycles. The Balaban J connectivity index is 0.000000111. The number of imide groups is 2. The third-order valence-electron chi connectivity index (χ3n) is 22.4. The summed E-state index contributed by atoms with van der Waals surface area (Å²) in [7, 11) is 0. The number of nitrogens with zero attached hydrogens (tertiary/aromatic N) is 6. The van der Waals surface area contributed by atoms with Gasteiger partial charge in [-0.25, -0.2) is 0 Å². The van der Waals surface area contributed by atoms with E-state index in [1.165, 1.54) is 69.5 Å². The lowest BCUT2D eigenvalue weighted by molar-refractivity contribution is 0.0488. The molecule has 480 valence electrons. The number of carbonyl (C=O) groups is 8. The van der Waals surface area contributed by atoms with Crippen LogP contribution in [0.25, 0.3) is 32.3 Å². The molecule has 93 heavy (non-hydrogen) atoms. The predicted molar refractivity (Wildman–Crippen MR) is 379 cm³/mol. The zero-order chi connectivity index (χ0) is 63.8. The first kappa shape index (κ1) is 61.9. The number of thiophene rings is 3. The van der Waals surface area contributed by atoms with E-state index in [1.54, 1.807) is 12.1 Å². The lowest BCUT2D eigenvalue weighted by Gasteiger charge is -2.38. The Labute approximate surface area is 573 Å². The van der Waals surface area contributed by atoms with E-state index < -0.39 is 0 Å². The highest BCUT2D eigenvalue weighted by molar-refractivity contribution is 7.81. The number of carbonyl (C=O) groups excluding carboxylic acids is 8. The number of hydrogen-bond donors (Lipinski definition) is 0. The molecule has 0 atom stereocenters. The summed E-state index contributed by atoms with van der Waals surface area (Å²) in [6.45, 7) is 0. The Bertz CT molecular complexity index is 3630. The highest BCUT2D eigenvalue weighted by Crippen LogP contribution is 2.50. The second-order valence-corrected chi connectivity index (χ2v) is 32.3. The first-order valence-corrected chi connectivity index (χ1v) is 38.4. The van der Waals surface area contributed by atoms with Gasteiger partial charge in [0.15, 0.2) is 0 Å². The standard InChI is InChI=1S/C24H24N2O4S.2C24H24N2O2S3/c27-21-15-11-12-16-18-17(15)19(23(29)25(21)13-7-3-1-4-8-13)31-20(18)24(30)26(22(16)28)14-9-5-2-6-10-14;27-21-15-11-12-16-18-17(15)20(24(30)25(21)13-7-3-1-4-8-13)31-19(18)22(28)26(23(16)29)14-9-5-2-6-10-14;27-21-19-17-15(23(29)25(21)13-7-3-1-4-8-13)11-12-16-18(17)20(31-19)22(28)26(24(16)30)14-9-5-2-6-10-14/h3*11-14H,1-10H2. The first-order chi connectivity index (χ1) is 45.2. The average Bonchev–Trinajstić information content (AvgIpc) is 1.61. The predicted octanol–water partition coefficient (Wildman–Crippen LogP) is 16.4. The Morgan fingerprint density at radius 2 is 0.409 bits per heavy atom. The van der Waals surface area contributed by atoms with E-state index in [-0.39, 0.29) is 83.5 Å². The molecule has 0 unspecified atom stereocenters. The average molecular weight is 1370 g/mol. The number of benzene rings is 3. The molecule has 18 rings (SSSR count). The van der Waals surface area contributed by atoms with Crippen molar-refractivity contribution < 1.29 is 38.4 Å². The zero-order valence-corrected chi connectivity index (χ0v) is 57.7. The fourth-order valence-corrected chi connectivity index (χ4v) is 23.1. The van der Waals surface area contributed by atoms with Crippen LogP contribution < -0.4 is 0 Å². The van der Waals surface area contributed by atoms with Gasteiger partial charge in [-0.3, -0.25) is 67.8 Å². The fraction of sp³-hybridized carbons (Fsp3) is 0.500. The molecule has 9 heterocycles. The van der Waals surface area contributed by atoms with Crippen LogP contribution in [0.2, 0.25) is 0 Å². The Morgan fingerprint density at radius 1 is 0.226 bits per heavy atom. The number of rotatable bonds is 6. The van der Waals surface area contributed by atoms with Gasteiger partial charge in [0.1, 0.15) is 44.3 Å². The second kappa shape index (κ2) is 24.6. The zero-order valence-electron chi connectivity index (χ0n) is 51.9. The topological polar surface area (TPSA) is 156 Å². The fourth-order valence-electron chi connectivity index (χ4n) is 17.8. The SMILES string of the molecule is O=C1c2ccc3c4c(sc(c24)C(=O)N1C1CCCCC1)C(=O)N(C1CCCCC1)C3=O.O=C1c2ccc3c4c(sc(c24)C(=S)N1C1CCCCC1)C(=O)N(C1CCCCC1)C3=S.O=C1c2sc3c4c(ccc(c24)C(=S)N1C1CCCCC1)C(=S)N(C1CCCCC1)C3=O. The minimum Gasteiger partial charge on any atom is -0.295 e. The van der Waals surface area contributed by atoms with Crippen LogP contribution in [0.4, 0.5) is 0 Å². The molecule has 14 nitrogen and oxygen atoms in total. The molecule has 12 aliphatic rings. The van der Waals surface area contributed by atoms with Crippen molar-refractivity contribution in [3.8, 4) is 0 Å².